The Labute approximate surface area is 97.0 Å². The molecule has 2 unspecified atom stereocenters. The molecule has 1 aliphatic rings. The number of hydrogen-bond donors (Lipinski definition) is 0. The number of aromatic nitrogens is 2. The van der Waals surface area contributed by atoms with Crippen molar-refractivity contribution in [1.82, 2.24) is 13.6 Å². The van der Waals surface area contributed by atoms with Gasteiger partial charge in [0.1, 0.15) is 0 Å². The Hall–Kier alpha value is -0.0000000000000000555. The third kappa shape index (κ3) is 2.52. The Balaban J connectivity index is 1.88. The van der Waals surface area contributed by atoms with Crippen LogP contribution in [-0.4, -0.2) is 31.6 Å². The molecule has 14 heavy (non-hydrogen) atoms. The normalized spacial score (nSPS) is 29.3. The molecule has 1 aliphatic heterocycles. The van der Waals surface area contributed by atoms with Crippen molar-refractivity contribution in [1.29, 1.82) is 0 Å². The highest BCUT2D eigenvalue weighted by Gasteiger charge is 2.23. The lowest BCUT2D eigenvalue weighted by molar-refractivity contribution is 0.182. The SMILES string of the molecule is CC1CN(Cc2cnsn2)CCC1Br. The van der Waals surface area contributed by atoms with Crippen molar-refractivity contribution in [2.75, 3.05) is 13.1 Å². The minimum absolute atomic E-state index is 0.687. The number of hydrogen-bond acceptors (Lipinski definition) is 4. The summed E-state index contributed by atoms with van der Waals surface area (Å²) < 4.78 is 8.25. The van der Waals surface area contributed by atoms with Gasteiger partial charge in [-0.1, -0.05) is 22.9 Å². The van der Waals surface area contributed by atoms with Gasteiger partial charge in [-0.05, 0) is 18.9 Å². The zero-order valence-corrected chi connectivity index (χ0v) is 10.6. The highest BCUT2D eigenvalue weighted by Crippen LogP contribution is 2.24. The molecule has 2 heterocycles. The number of halogens is 1. The van der Waals surface area contributed by atoms with Crippen LogP contribution in [0, 0.1) is 5.92 Å². The van der Waals surface area contributed by atoms with Gasteiger partial charge in [-0.25, -0.2) is 0 Å². The van der Waals surface area contributed by atoms with Gasteiger partial charge in [0, 0.05) is 17.9 Å². The highest BCUT2D eigenvalue weighted by molar-refractivity contribution is 9.09. The molecular formula is C9H14BrN3S. The summed E-state index contributed by atoms with van der Waals surface area (Å²) in [6, 6.07) is 0. The van der Waals surface area contributed by atoms with Crippen molar-refractivity contribution >= 4 is 27.7 Å². The number of alkyl halides is 1. The molecule has 1 aromatic heterocycles. The first-order chi connectivity index (χ1) is 6.75. The molecule has 0 saturated carbocycles. The fourth-order valence-electron chi connectivity index (χ4n) is 1.83. The molecule has 0 aromatic carbocycles. The van der Waals surface area contributed by atoms with Crippen LogP contribution in [-0.2, 0) is 6.54 Å². The van der Waals surface area contributed by atoms with Crippen LogP contribution in [0.25, 0.3) is 0 Å². The van der Waals surface area contributed by atoms with E-state index in [1.165, 1.54) is 18.1 Å². The largest absolute Gasteiger partial charge is 0.297 e. The maximum Gasteiger partial charge on any atom is 0.0883 e. The molecule has 1 fully saturated rings. The Morgan fingerprint density at radius 3 is 3.21 bits per heavy atom. The third-order valence-electron chi connectivity index (χ3n) is 2.68. The summed E-state index contributed by atoms with van der Waals surface area (Å²) >= 11 is 5.00. The van der Waals surface area contributed by atoms with Crippen molar-refractivity contribution in [3.05, 3.63) is 11.9 Å². The number of rotatable bonds is 2. The van der Waals surface area contributed by atoms with E-state index >= 15 is 0 Å². The van der Waals surface area contributed by atoms with E-state index in [1.807, 2.05) is 6.20 Å². The van der Waals surface area contributed by atoms with E-state index in [1.54, 1.807) is 0 Å². The summed E-state index contributed by atoms with van der Waals surface area (Å²) in [5.41, 5.74) is 1.11. The Morgan fingerprint density at radius 1 is 1.71 bits per heavy atom. The summed E-state index contributed by atoms with van der Waals surface area (Å²) in [6.07, 6.45) is 3.11. The standard InChI is InChI=1S/C9H14BrN3S/c1-7-5-13(3-2-9(7)10)6-8-4-11-14-12-8/h4,7,9H,2-3,5-6H2,1H3. The van der Waals surface area contributed by atoms with Gasteiger partial charge in [0.05, 0.1) is 23.6 Å². The zero-order chi connectivity index (χ0) is 9.97. The van der Waals surface area contributed by atoms with Crippen LogP contribution in [0.1, 0.15) is 19.0 Å². The average Bonchev–Trinajstić information content (AvgIpc) is 2.64. The lowest BCUT2D eigenvalue weighted by Crippen LogP contribution is -2.39. The molecule has 1 aromatic rings. The van der Waals surface area contributed by atoms with Crippen LogP contribution in [0.3, 0.4) is 0 Å². The molecule has 3 nitrogen and oxygen atoms in total. The monoisotopic (exact) mass is 275 g/mol. The first kappa shape index (κ1) is 10.5. The fourth-order valence-corrected chi connectivity index (χ4v) is 2.63. The third-order valence-corrected chi connectivity index (χ3v) is 4.55. The molecule has 0 radical (unpaired) electrons. The highest BCUT2D eigenvalue weighted by atomic mass is 79.9. The molecule has 78 valence electrons. The first-order valence-corrected chi connectivity index (χ1v) is 6.53. The lowest BCUT2D eigenvalue weighted by Gasteiger charge is -2.33. The summed E-state index contributed by atoms with van der Waals surface area (Å²) in [6.45, 7) is 5.58. The summed E-state index contributed by atoms with van der Waals surface area (Å²) in [5, 5.41) is 0. The predicted octanol–water partition coefficient (Wildman–Crippen LogP) is 2.14. The molecule has 0 N–H and O–H groups in total. The minimum atomic E-state index is 0.687. The van der Waals surface area contributed by atoms with Crippen LogP contribution >= 0.6 is 27.7 Å². The smallest absolute Gasteiger partial charge is 0.0883 e. The summed E-state index contributed by atoms with van der Waals surface area (Å²) in [5.74, 6) is 0.732. The minimum Gasteiger partial charge on any atom is -0.297 e. The second-order valence-corrected chi connectivity index (χ2v) is 5.65. The Kier molecular flexibility index (Phi) is 3.52. The fraction of sp³-hybridized carbons (Fsp3) is 0.778. The molecular weight excluding hydrogens is 262 g/mol. The van der Waals surface area contributed by atoms with Gasteiger partial charge in [0.25, 0.3) is 0 Å². The van der Waals surface area contributed by atoms with Gasteiger partial charge in [0.2, 0.25) is 0 Å². The van der Waals surface area contributed by atoms with Crippen LogP contribution < -0.4 is 0 Å². The second-order valence-electron chi connectivity index (χ2n) is 3.92. The van der Waals surface area contributed by atoms with E-state index in [2.05, 4.69) is 36.5 Å². The number of nitrogens with zero attached hydrogens (tertiary/aromatic N) is 3. The van der Waals surface area contributed by atoms with Gasteiger partial charge >= 0.3 is 0 Å². The van der Waals surface area contributed by atoms with Crippen molar-refractivity contribution in [2.45, 2.75) is 24.7 Å². The number of likely N-dealkylation sites (tertiary alicyclic amines) is 1. The van der Waals surface area contributed by atoms with E-state index < -0.39 is 0 Å². The van der Waals surface area contributed by atoms with Crippen LogP contribution in [0.2, 0.25) is 0 Å². The lowest BCUT2D eigenvalue weighted by atomic mass is 10.00. The molecule has 5 heteroatoms. The summed E-state index contributed by atoms with van der Waals surface area (Å²) in [7, 11) is 0. The molecule has 0 aliphatic carbocycles. The van der Waals surface area contributed by atoms with Crippen molar-refractivity contribution in [2.24, 2.45) is 5.92 Å². The van der Waals surface area contributed by atoms with E-state index in [9.17, 15) is 0 Å². The molecule has 0 bridgehead atoms. The molecule has 0 amide bonds. The van der Waals surface area contributed by atoms with E-state index in [4.69, 9.17) is 0 Å². The molecule has 2 atom stereocenters. The van der Waals surface area contributed by atoms with Crippen molar-refractivity contribution in [3.8, 4) is 0 Å². The average molecular weight is 276 g/mol. The maximum atomic E-state index is 4.23. The van der Waals surface area contributed by atoms with Crippen LogP contribution in [0.4, 0.5) is 0 Å². The van der Waals surface area contributed by atoms with Crippen molar-refractivity contribution < 1.29 is 0 Å². The molecule has 0 spiro atoms. The quantitative estimate of drug-likeness (QED) is 0.775. The van der Waals surface area contributed by atoms with E-state index in [0.29, 0.717) is 4.83 Å². The zero-order valence-electron chi connectivity index (χ0n) is 8.19. The van der Waals surface area contributed by atoms with Crippen molar-refractivity contribution in [3.63, 3.8) is 0 Å². The Bertz CT molecular complexity index is 278. The van der Waals surface area contributed by atoms with Crippen LogP contribution in [0.5, 0.6) is 0 Å². The van der Waals surface area contributed by atoms with Crippen LogP contribution in [0.15, 0.2) is 6.20 Å². The van der Waals surface area contributed by atoms with Gasteiger partial charge in [-0.15, -0.1) is 0 Å². The first-order valence-electron chi connectivity index (χ1n) is 4.88. The van der Waals surface area contributed by atoms with Gasteiger partial charge in [-0.2, -0.15) is 8.75 Å². The predicted molar refractivity (Wildman–Crippen MR) is 61.7 cm³/mol. The summed E-state index contributed by atoms with van der Waals surface area (Å²) in [4.78, 5) is 3.14. The second kappa shape index (κ2) is 4.68. The van der Waals surface area contributed by atoms with Gasteiger partial charge in [0.15, 0.2) is 0 Å². The molecule has 2 rings (SSSR count). The van der Waals surface area contributed by atoms with E-state index in [-0.39, 0.29) is 0 Å². The maximum absolute atomic E-state index is 4.23. The van der Waals surface area contributed by atoms with Gasteiger partial charge in [-0.3, -0.25) is 4.90 Å². The van der Waals surface area contributed by atoms with E-state index in [0.717, 1.165) is 31.2 Å². The number of piperidine rings is 1. The van der Waals surface area contributed by atoms with Gasteiger partial charge < -0.3 is 0 Å². The Morgan fingerprint density at radius 2 is 2.57 bits per heavy atom. The molecule has 1 saturated heterocycles. The topological polar surface area (TPSA) is 29.0 Å².